The summed E-state index contributed by atoms with van der Waals surface area (Å²) in [6.45, 7) is 1.92. The SMILES string of the molecule is CCCC(NC(=S)S)C(=O)O.[H-].[H-].[K+].[K+]. The standard InChI is InChI=1S/C6H11NO2S2.2K.2H/c1-2-3-4(5(8)9)7-6(10)11;;;;/h4H,2-3H2,1H3,(H,8,9)(H2,7,10,11);;;;/q;2*+1;2*-1. The predicted molar refractivity (Wildman–Crippen MR) is 53.3 cm³/mol. The molecule has 2 N–H and O–H groups in total. The van der Waals surface area contributed by atoms with Gasteiger partial charge in [-0.3, -0.25) is 0 Å². The second kappa shape index (κ2) is 13.0. The van der Waals surface area contributed by atoms with Crippen LogP contribution in [0.15, 0.2) is 0 Å². The molecule has 0 saturated carbocycles. The fourth-order valence-corrected chi connectivity index (χ4v) is 0.993. The summed E-state index contributed by atoms with van der Waals surface area (Å²) >= 11 is 8.38. The molecule has 7 heteroatoms. The van der Waals surface area contributed by atoms with Gasteiger partial charge in [0.05, 0.1) is 0 Å². The minimum absolute atomic E-state index is 0. The van der Waals surface area contributed by atoms with E-state index in [1.807, 2.05) is 6.92 Å². The van der Waals surface area contributed by atoms with E-state index in [0.717, 1.165) is 6.42 Å². The van der Waals surface area contributed by atoms with Gasteiger partial charge in [0.1, 0.15) is 10.4 Å². The third-order valence-electron chi connectivity index (χ3n) is 1.17. The van der Waals surface area contributed by atoms with Crippen LogP contribution in [0.2, 0.25) is 0 Å². The molecule has 3 nitrogen and oxygen atoms in total. The van der Waals surface area contributed by atoms with Crippen molar-refractivity contribution in [2.24, 2.45) is 0 Å². The van der Waals surface area contributed by atoms with Crippen LogP contribution in [0.4, 0.5) is 0 Å². The van der Waals surface area contributed by atoms with Crippen LogP contribution in [0.5, 0.6) is 0 Å². The molecule has 0 aromatic carbocycles. The second-order valence-electron chi connectivity index (χ2n) is 2.13. The Morgan fingerprint density at radius 1 is 1.69 bits per heavy atom. The maximum atomic E-state index is 10.5. The average molecular weight is 274 g/mol. The molecule has 0 spiro atoms. The van der Waals surface area contributed by atoms with E-state index in [0.29, 0.717) is 6.42 Å². The van der Waals surface area contributed by atoms with Crippen LogP contribution in [-0.4, -0.2) is 21.4 Å². The summed E-state index contributed by atoms with van der Waals surface area (Å²) in [6, 6.07) is -0.593. The fourth-order valence-electron chi connectivity index (χ4n) is 0.695. The number of thiocarbonyl (C=S) groups is 1. The fraction of sp³-hybridized carbons (Fsp3) is 0.667. The zero-order valence-corrected chi connectivity index (χ0v) is 16.2. The van der Waals surface area contributed by atoms with Crippen molar-refractivity contribution in [2.75, 3.05) is 0 Å². The summed E-state index contributed by atoms with van der Waals surface area (Å²) in [5.74, 6) is -0.886. The molecule has 0 radical (unpaired) electrons. The van der Waals surface area contributed by atoms with Crippen LogP contribution in [0.1, 0.15) is 22.6 Å². The van der Waals surface area contributed by atoms with Crippen molar-refractivity contribution in [3.63, 3.8) is 0 Å². The first-order valence-electron chi connectivity index (χ1n) is 3.30. The van der Waals surface area contributed by atoms with Crippen LogP contribution in [0.3, 0.4) is 0 Å². The number of hydrogen-bond acceptors (Lipinski definition) is 2. The molecule has 0 aliphatic rings. The monoisotopic (exact) mass is 273 g/mol. The van der Waals surface area contributed by atoms with Crippen LogP contribution in [0.25, 0.3) is 0 Å². The smallest absolute Gasteiger partial charge is 1.00 e. The van der Waals surface area contributed by atoms with E-state index in [1.165, 1.54) is 0 Å². The van der Waals surface area contributed by atoms with E-state index in [-0.39, 0.29) is 110 Å². The summed E-state index contributed by atoms with van der Waals surface area (Å²) in [5, 5.41) is 11.2. The molecule has 68 valence electrons. The Hall–Kier alpha value is 2.98. The molecule has 0 fully saturated rings. The summed E-state index contributed by atoms with van der Waals surface area (Å²) in [4.78, 5) is 10.5. The van der Waals surface area contributed by atoms with Gasteiger partial charge in [-0.2, -0.15) is 0 Å². The second-order valence-corrected chi connectivity index (χ2v) is 3.29. The van der Waals surface area contributed by atoms with Gasteiger partial charge in [-0.15, -0.1) is 12.6 Å². The molecule has 0 aliphatic carbocycles. The zero-order valence-electron chi connectivity index (χ0n) is 10.2. The predicted octanol–water partition coefficient (Wildman–Crippen LogP) is -4.72. The van der Waals surface area contributed by atoms with Crippen LogP contribution in [0, 0.1) is 0 Å². The van der Waals surface area contributed by atoms with Gasteiger partial charge in [0, 0.05) is 0 Å². The summed E-state index contributed by atoms with van der Waals surface area (Å²) in [7, 11) is 0. The van der Waals surface area contributed by atoms with Crippen molar-refractivity contribution >= 4 is 35.1 Å². The van der Waals surface area contributed by atoms with E-state index < -0.39 is 12.0 Å². The number of hydrogen-bond donors (Lipinski definition) is 3. The Balaban J connectivity index is -0.0000000833. The van der Waals surface area contributed by atoms with Crippen molar-refractivity contribution in [2.45, 2.75) is 25.8 Å². The number of carboxylic acids is 1. The largest absolute Gasteiger partial charge is 1.00 e. The van der Waals surface area contributed by atoms with E-state index in [4.69, 9.17) is 5.11 Å². The Bertz CT molecular complexity index is 177. The first-order valence-corrected chi connectivity index (χ1v) is 4.15. The Kier molecular flexibility index (Phi) is 21.4. The van der Waals surface area contributed by atoms with E-state index in [2.05, 4.69) is 30.2 Å². The van der Waals surface area contributed by atoms with E-state index in [1.54, 1.807) is 0 Å². The average Bonchev–Trinajstić information content (AvgIpc) is 1.86. The Morgan fingerprint density at radius 3 is 2.38 bits per heavy atom. The van der Waals surface area contributed by atoms with Gasteiger partial charge >= 0.3 is 109 Å². The quantitative estimate of drug-likeness (QED) is 0.274. The topological polar surface area (TPSA) is 49.3 Å². The third kappa shape index (κ3) is 12.9. The minimum atomic E-state index is -0.886. The molecule has 13 heavy (non-hydrogen) atoms. The van der Waals surface area contributed by atoms with Gasteiger partial charge in [-0.05, 0) is 6.42 Å². The molecule has 1 unspecified atom stereocenters. The minimum Gasteiger partial charge on any atom is -1.00 e. The molecule has 0 aromatic heterocycles. The van der Waals surface area contributed by atoms with Crippen LogP contribution < -0.4 is 108 Å². The summed E-state index contributed by atoms with van der Waals surface area (Å²) in [6.07, 6.45) is 1.37. The molecule has 0 rings (SSSR count). The molecule has 0 aliphatic heterocycles. The van der Waals surface area contributed by atoms with Crippen LogP contribution >= 0.6 is 24.8 Å². The van der Waals surface area contributed by atoms with Gasteiger partial charge in [-0.1, -0.05) is 25.6 Å². The van der Waals surface area contributed by atoms with Crippen molar-refractivity contribution in [1.82, 2.24) is 5.32 Å². The zero-order chi connectivity index (χ0) is 8.85. The number of thiol groups is 1. The Labute approximate surface area is 177 Å². The number of carboxylic acid groups (broad SMARTS) is 1. The number of aliphatic carboxylic acids is 1. The first kappa shape index (κ1) is 21.3. The van der Waals surface area contributed by atoms with Crippen molar-refractivity contribution in [3.05, 3.63) is 0 Å². The number of carbonyl (C=O) groups is 1. The van der Waals surface area contributed by atoms with E-state index >= 15 is 0 Å². The Morgan fingerprint density at radius 2 is 2.15 bits per heavy atom. The van der Waals surface area contributed by atoms with Gasteiger partial charge in [0.2, 0.25) is 0 Å². The van der Waals surface area contributed by atoms with Gasteiger partial charge in [0.25, 0.3) is 0 Å². The first-order chi connectivity index (χ1) is 5.07. The maximum Gasteiger partial charge on any atom is 1.00 e. The molecule has 0 bridgehead atoms. The molecule has 1 atom stereocenters. The van der Waals surface area contributed by atoms with Crippen molar-refractivity contribution in [3.8, 4) is 0 Å². The van der Waals surface area contributed by atoms with Crippen LogP contribution in [-0.2, 0) is 4.79 Å². The van der Waals surface area contributed by atoms with E-state index in [9.17, 15) is 4.79 Å². The molecular weight excluding hydrogens is 260 g/mol. The summed E-state index contributed by atoms with van der Waals surface area (Å²) < 4.78 is 0.228. The van der Waals surface area contributed by atoms with Gasteiger partial charge in [-0.25, -0.2) is 4.79 Å². The molecule has 0 heterocycles. The molecule has 0 saturated heterocycles. The normalized spacial score (nSPS) is 10.3. The maximum absolute atomic E-state index is 10.5. The van der Waals surface area contributed by atoms with Gasteiger partial charge in [0.15, 0.2) is 0 Å². The van der Waals surface area contributed by atoms with Crippen molar-refractivity contribution in [1.29, 1.82) is 0 Å². The summed E-state index contributed by atoms with van der Waals surface area (Å²) in [5.41, 5.74) is 0. The number of rotatable bonds is 4. The number of nitrogens with one attached hydrogen (secondary N) is 1. The third-order valence-corrected chi connectivity index (χ3v) is 1.42. The van der Waals surface area contributed by atoms with Gasteiger partial charge < -0.3 is 13.3 Å². The molecular formula is C6H13K2NO2S2. The molecule has 0 aromatic rings. The molecule has 0 amide bonds. The van der Waals surface area contributed by atoms with Crippen molar-refractivity contribution < 1.29 is 116 Å².